The summed E-state index contributed by atoms with van der Waals surface area (Å²) in [6.45, 7) is 2.33. The van der Waals surface area contributed by atoms with E-state index in [0.29, 0.717) is 24.0 Å². The van der Waals surface area contributed by atoms with E-state index in [1.165, 1.54) is 0 Å². The molecule has 1 saturated heterocycles. The number of pyridine rings is 1. The zero-order valence-electron chi connectivity index (χ0n) is 9.09. The first kappa shape index (κ1) is 11.1. The van der Waals surface area contributed by atoms with Crippen LogP contribution in [-0.2, 0) is 4.74 Å². The molecular weight excluding hydrogens is 206 g/mol. The van der Waals surface area contributed by atoms with Crippen molar-refractivity contribution < 1.29 is 14.3 Å². The minimum atomic E-state index is 0.407. The smallest absolute Gasteiger partial charge is 0.168 e. The van der Waals surface area contributed by atoms with Gasteiger partial charge in [0.05, 0.1) is 6.61 Å². The van der Waals surface area contributed by atoms with E-state index >= 15 is 0 Å². The molecule has 86 valence electrons. The van der Waals surface area contributed by atoms with E-state index in [0.717, 1.165) is 32.3 Å². The first-order valence-electron chi connectivity index (χ1n) is 5.50. The van der Waals surface area contributed by atoms with Gasteiger partial charge < -0.3 is 9.47 Å². The summed E-state index contributed by atoms with van der Waals surface area (Å²) in [6.07, 6.45) is 4.40. The molecule has 0 radical (unpaired) electrons. The molecule has 0 spiro atoms. The lowest BCUT2D eigenvalue weighted by Gasteiger charge is -2.22. The predicted octanol–water partition coefficient (Wildman–Crippen LogP) is 1.70. The Morgan fingerprint density at radius 2 is 2.31 bits per heavy atom. The highest BCUT2D eigenvalue weighted by molar-refractivity contribution is 5.72. The Kier molecular flexibility index (Phi) is 3.88. The summed E-state index contributed by atoms with van der Waals surface area (Å²) in [7, 11) is 0. The van der Waals surface area contributed by atoms with Gasteiger partial charge in [0.1, 0.15) is 11.4 Å². The second-order valence-corrected chi connectivity index (χ2v) is 3.90. The average molecular weight is 221 g/mol. The highest BCUT2D eigenvalue weighted by Crippen LogP contribution is 2.17. The van der Waals surface area contributed by atoms with E-state index in [1.807, 2.05) is 0 Å². The Balaban J connectivity index is 1.85. The molecule has 0 atom stereocenters. The van der Waals surface area contributed by atoms with E-state index < -0.39 is 0 Å². The van der Waals surface area contributed by atoms with Crippen molar-refractivity contribution in [3.63, 3.8) is 0 Å². The van der Waals surface area contributed by atoms with Crippen LogP contribution in [0.25, 0.3) is 0 Å². The number of nitrogens with zero attached hydrogens (tertiary/aromatic N) is 1. The molecule has 4 nitrogen and oxygen atoms in total. The van der Waals surface area contributed by atoms with Crippen LogP contribution >= 0.6 is 0 Å². The molecule has 16 heavy (non-hydrogen) atoms. The molecule has 0 amide bonds. The van der Waals surface area contributed by atoms with Gasteiger partial charge in [-0.1, -0.05) is 0 Å². The first-order chi connectivity index (χ1) is 7.88. The summed E-state index contributed by atoms with van der Waals surface area (Å²) in [5.41, 5.74) is 0.407. The molecule has 0 aromatic carbocycles. The van der Waals surface area contributed by atoms with Gasteiger partial charge in [0.2, 0.25) is 0 Å². The van der Waals surface area contributed by atoms with E-state index in [9.17, 15) is 4.79 Å². The zero-order chi connectivity index (χ0) is 11.2. The standard InChI is InChI=1S/C12H15NO3/c14-8-11-7-12(1-4-13-11)16-9-10-2-5-15-6-3-10/h1,4,7-8,10H,2-3,5-6,9H2. The molecule has 1 aliphatic rings. The summed E-state index contributed by atoms with van der Waals surface area (Å²) in [6, 6.07) is 3.43. The number of ether oxygens (including phenoxy) is 2. The van der Waals surface area contributed by atoms with Crippen molar-refractivity contribution >= 4 is 6.29 Å². The molecule has 1 aliphatic heterocycles. The molecule has 2 heterocycles. The fourth-order valence-electron chi connectivity index (χ4n) is 1.71. The van der Waals surface area contributed by atoms with Crippen molar-refractivity contribution in [2.24, 2.45) is 5.92 Å². The SMILES string of the molecule is O=Cc1cc(OCC2CCOCC2)ccn1. The third kappa shape index (κ3) is 3.03. The summed E-state index contributed by atoms with van der Waals surface area (Å²) in [4.78, 5) is 14.4. The van der Waals surface area contributed by atoms with Crippen LogP contribution in [0.15, 0.2) is 18.3 Å². The molecule has 0 unspecified atom stereocenters. The Bertz CT molecular complexity index is 348. The van der Waals surface area contributed by atoms with Crippen molar-refractivity contribution in [1.82, 2.24) is 4.98 Å². The third-order valence-corrected chi connectivity index (χ3v) is 2.70. The van der Waals surface area contributed by atoms with Crippen molar-refractivity contribution in [2.75, 3.05) is 19.8 Å². The van der Waals surface area contributed by atoms with Gasteiger partial charge in [-0.05, 0) is 24.8 Å². The second kappa shape index (κ2) is 5.61. The van der Waals surface area contributed by atoms with Crippen LogP contribution in [-0.4, -0.2) is 31.1 Å². The Hall–Kier alpha value is -1.42. The monoisotopic (exact) mass is 221 g/mol. The molecule has 4 heteroatoms. The molecule has 1 aromatic rings. The lowest BCUT2D eigenvalue weighted by Crippen LogP contribution is -2.21. The molecular formula is C12H15NO3. The van der Waals surface area contributed by atoms with Gasteiger partial charge in [-0.25, -0.2) is 0 Å². The van der Waals surface area contributed by atoms with Crippen LogP contribution in [0.4, 0.5) is 0 Å². The van der Waals surface area contributed by atoms with Gasteiger partial charge in [-0.15, -0.1) is 0 Å². The van der Waals surface area contributed by atoms with Gasteiger partial charge in [0.15, 0.2) is 6.29 Å². The number of rotatable bonds is 4. The van der Waals surface area contributed by atoms with Gasteiger partial charge in [-0.3, -0.25) is 9.78 Å². The zero-order valence-corrected chi connectivity index (χ0v) is 9.09. The summed E-state index contributed by atoms with van der Waals surface area (Å²) >= 11 is 0. The number of carbonyl (C=O) groups is 1. The molecule has 0 aliphatic carbocycles. The molecule has 2 rings (SSSR count). The maximum absolute atomic E-state index is 10.5. The Morgan fingerprint density at radius 1 is 1.50 bits per heavy atom. The molecule has 1 aromatic heterocycles. The number of aldehydes is 1. The Morgan fingerprint density at radius 3 is 3.06 bits per heavy atom. The minimum absolute atomic E-state index is 0.407. The quantitative estimate of drug-likeness (QED) is 0.726. The van der Waals surface area contributed by atoms with Crippen LogP contribution in [0.3, 0.4) is 0 Å². The average Bonchev–Trinajstić information content (AvgIpc) is 2.38. The van der Waals surface area contributed by atoms with Crippen LogP contribution in [0.5, 0.6) is 5.75 Å². The topological polar surface area (TPSA) is 48.4 Å². The number of hydrogen-bond acceptors (Lipinski definition) is 4. The fourth-order valence-corrected chi connectivity index (χ4v) is 1.71. The highest BCUT2D eigenvalue weighted by atomic mass is 16.5. The summed E-state index contributed by atoms with van der Waals surface area (Å²) in [5, 5.41) is 0. The van der Waals surface area contributed by atoms with Crippen molar-refractivity contribution in [1.29, 1.82) is 0 Å². The molecule has 1 fully saturated rings. The third-order valence-electron chi connectivity index (χ3n) is 2.70. The Labute approximate surface area is 94.6 Å². The normalized spacial score (nSPS) is 17.0. The van der Waals surface area contributed by atoms with Gasteiger partial charge in [0.25, 0.3) is 0 Å². The van der Waals surface area contributed by atoms with Gasteiger partial charge >= 0.3 is 0 Å². The second-order valence-electron chi connectivity index (χ2n) is 3.90. The number of carbonyl (C=O) groups excluding carboxylic acids is 1. The molecule has 0 saturated carbocycles. The van der Waals surface area contributed by atoms with E-state index in [4.69, 9.17) is 9.47 Å². The van der Waals surface area contributed by atoms with Crippen molar-refractivity contribution in [3.05, 3.63) is 24.0 Å². The van der Waals surface area contributed by atoms with Crippen molar-refractivity contribution in [3.8, 4) is 5.75 Å². The lowest BCUT2D eigenvalue weighted by molar-refractivity contribution is 0.0497. The van der Waals surface area contributed by atoms with Crippen molar-refractivity contribution in [2.45, 2.75) is 12.8 Å². The summed E-state index contributed by atoms with van der Waals surface area (Å²) < 4.78 is 10.9. The number of aromatic nitrogens is 1. The molecule has 0 N–H and O–H groups in total. The van der Waals surface area contributed by atoms with Crippen LogP contribution in [0.1, 0.15) is 23.3 Å². The van der Waals surface area contributed by atoms with Crippen LogP contribution < -0.4 is 4.74 Å². The fraction of sp³-hybridized carbons (Fsp3) is 0.500. The molecule has 0 bridgehead atoms. The van der Waals surface area contributed by atoms with E-state index in [2.05, 4.69) is 4.98 Å². The summed E-state index contributed by atoms with van der Waals surface area (Å²) in [5.74, 6) is 1.27. The van der Waals surface area contributed by atoms with Gasteiger partial charge in [0, 0.05) is 25.5 Å². The van der Waals surface area contributed by atoms with E-state index in [-0.39, 0.29) is 0 Å². The maximum atomic E-state index is 10.5. The van der Waals surface area contributed by atoms with E-state index in [1.54, 1.807) is 18.3 Å². The predicted molar refractivity (Wildman–Crippen MR) is 58.7 cm³/mol. The largest absolute Gasteiger partial charge is 0.493 e. The minimum Gasteiger partial charge on any atom is -0.493 e. The first-order valence-corrected chi connectivity index (χ1v) is 5.50. The van der Waals surface area contributed by atoms with Gasteiger partial charge in [-0.2, -0.15) is 0 Å². The highest BCUT2D eigenvalue weighted by Gasteiger charge is 2.14. The number of hydrogen-bond donors (Lipinski definition) is 0. The van der Waals surface area contributed by atoms with Crippen LogP contribution in [0, 0.1) is 5.92 Å². The van der Waals surface area contributed by atoms with Crippen LogP contribution in [0.2, 0.25) is 0 Å². The maximum Gasteiger partial charge on any atom is 0.168 e. The lowest BCUT2D eigenvalue weighted by atomic mass is 10.0.